The second-order valence-corrected chi connectivity index (χ2v) is 11.6. The van der Waals surface area contributed by atoms with Gasteiger partial charge in [0.15, 0.2) is 0 Å². The average molecular weight is 499 g/mol. The minimum atomic E-state index is -0.214. The number of rotatable bonds is 5. The Hall–Kier alpha value is -1.85. The number of benzene rings is 1. The molecule has 2 bridgehead atoms. The molecule has 3 aliphatic heterocycles. The zero-order valence-corrected chi connectivity index (χ0v) is 21.2. The number of hydrogen-bond acceptors (Lipinski definition) is 6. The standard InChI is InChI=1S/C27H35ClN4O3/c1-34-25-16-35-9-7-23(25)30-18-10-17-4-3-8-27(17,12-18)26(33)32-15-19-11-20(32)14-31(19)24-6-2-5-22(28)21(24)13-29/h2,5-6,17-20,23,25,30H,3-4,7-12,14-16H2,1H3/t17-,18-,19+,20+,23+,25-,27-/m1/s1. The molecule has 1 aromatic carbocycles. The molecule has 5 aliphatic rings. The quantitative estimate of drug-likeness (QED) is 0.671. The Bertz CT molecular complexity index is 1030. The van der Waals surface area contributed by atoms with Gasteiger partial charge in [-0.2, -0.15) is 5.26 Å². The van der Waals surface area contributed by atoms with Crippen molar-refractivity contribution in [2.75, 3.05) is 38.3 Å². The van der Waals surface area contributed by atoms with E-state index in [1.54, 1.807) is 13.2 Å². The number of carbonyl (C=O) groups excluding carboxylic acids is 1. The van der Waals surface area contributed by atoms with Crippen LogP contribution in [0.25, 0.3) is 0 Å². The van der Waals surface area contributed by atoms with E-state index >= 15 is 0 Å². The van der Waals surface area contributed by atoms with Crippen molar-refractivity contribution in [2.45, 2.75) is 75.2 Å². The normalized spacial score (nSPS) is 38.1. The molecule has 5 fully saturated rings. The molecule has 0 unspecified atom stereocenters. The third-order valence-electron chi connectivity index (χ3n) is 9.53. The summed E-state index contributed by atoms with van der Waals surface area (Å²) in [4.78, 5) is 18.7. The van der Waals surface area contributed by atoms with Crippen LogP contribution in [0, 0.1) is 22.7 Å². The molecule has 8 heteroatoms. The Balaban J connectivity index is 1.16. The van der Waals surface area contributed by atoms with Gasteiger partial charge in [-0.1, -0.05) is 24.1 Å². The minimum Gasteiger partial charge on any atom is -0.379 e. The van der Waals surface area contributed by atoms with Gasteiger partial charge >= 0.3 is 0 Å². The molecule has 7 atom stereocenters. The summed E-state index contributed by atoms with van der Waals surface area (Å²) in [5.74, 6) is 0.861. The number of ether oxygens (including phenoxy) is 2. The van der Waals surface area contributed by atoms with E-state index in [9.17, 15) is 10.1 Å². The predicted molar refractivity (Wildman–Crippen MR) is 133 cm³/mol. The van der Waals surface area contributed by atoms with Crippen molar-refractivity contribution in [1.29, 1.82) is 5.26 Å². The minimum absolute atomic E-state index is 0.0842. The number of hydrogen-bond donors (Lipinski definition) is 1. The van der Waals surface area contributed by atoms with Gasteiger partial charge in [0.1, 0.15) is 6.07 Å². The van der Waals surface area contributed by atoms with Crippen molar-refractivity contribution in [3.8, 4) is 6.07 Å². The number of anilines is 1. The summed E-state index contributed by atoms with van der Waals surface area (Å²) in [6, 6.07) is 9.08. The fourth-order valence-electron chi connectivity index (χ4n) is 7.92. The maximum absolute atomic E-state index is 14.2. The summed E-state index contributed by atoms with van der Waals surface area (Å²) < 4.78 is 11.3. The fourth-order valence-corrected chi connectivity index (χ4v) is 8.13. The van der Waals surface area contributed by atoms with Crippen LogP contribution >= 0.6 is 11.6 Å². The maximum Gasteiger partial charge on any atom is 0.229 e. The van der Waals surface area contributed by atoms with Crippen LogP contribution in [0.4, 0.5) is 5.69 Å². The highest BCUT2D eigenvalue weighted by Crippen LogP contribution is 2.56. The molecule has 3 heterocycles. The molecule has 2 saturated carbocycles. The highest BCUT2D eigenvalue weighted by atomic mass is 35.5. The first-order chi connectivity index (χ1) is 17.0. The molecule has 6 rings (SSSR count). The molecule has 0 aromatic heterocycles. The molecule has 2 aliphatic carbocycles. The van der Waals surface area contributed by atoms with Crippen molar-refractivity contribution in [3.05, 3.63) is 28.8 Å². The molecule has 1 N–H and O–H groups in total. The summed E-state index contributed by atoms with van der Waals surface area (Å²) in [7, 11) is 1.76. The second-order valence-electron chi connectivity index (χ2n) is 11.2. The highest BCUT2D eigenvalue weighted by molar-refractivity contribution is 6.32. The second kappa shape index (κ2) is 9.23. The van der Waals surface area contributed by atoms with E-state index < -0.39 is 0 Å². The number of nitrogens with one attached hydrogen (secondary N) is 1. The van der Waals surface area contributed by atoms with E-state index in [1.165, 1.54) is 0 Å². The zero-order chi connectivity index (χ0) is 24.2. The van der Waals surface area contributed by atoms with Gasteiger partial charge in [-0.15, -0.1) is 0 Å². The number of nitriles is 1. The number of likely N-dealkylation sites (tertiary alicyclic amines) is 1. The highest BCUT2D eigenvalue weighted by Gasteiger charge is 2.59. The van der Waals surface area contributed by atoms with Crippen molar-refractivity contribution >= 4 is 23.2 Å². The number of fused-ring (bicyclic) bond motifs is 3. The van der Waals surface area contributed by atoms with E-state index in [-0.39, 0.29) is 23.6 Å². The molecule has 1 aromatic rings. The lowest BCUT2D eigenvalue weighted by Gasteiger charge is -2.41. The molecule has 188 valence electrons. The number of nitrogens with zero attached hydrogens (tertiary/aromatic N) is 3. The molecule has 1 amide bonds. The molecule has 3 saturated heterocycles. The fraction of sp³-hybridized carbons (Fsp3) is 0.704. The van der Waals surface area contributed by atoms with Gasteiger partial charge in [-0.3, -0.25) is 4.79 Å². The molecule has 0 radical (unpaired) electrons. The third kappa shape index (κ3) is 3.85. The van der Waals surface area contributed by atoms with Crippen LogP contribution in [0.3, 0.4) is 0 Å². The first-order valence-corrected chi connectivity index (χ1v) is 13.5. The van der Waals surface area contributed by atoms with Gasteiger partial charge in [-0.05, 0) is 56.6 Å². The summed E-state index contributed by atoms with van der Waals surface area (Å²) >= 11 is 6.30. The Morgan fingerprint density at radius 3 is 2.94 bits per heavy atom. The van der Waals surface area contributed by atoms with Crippen LogP contribution in [-0.2, 0) is 14.3 Å². The van der Waals surface area contributed by atoms with Gasteiger partial charge in [0, 0.05) is 44.9 Å². The van der Waals surface area contributed by atoms with Crippen LogP contribution < -0.4 is 10.2 Å². The third-order valence-corrected chi connectivity index (χ3v) is 9.85. The van der Waals surface area contributed by atoms with Gasteiger partial charge in [0.2, 0.25) is 5.91 Å². The van der Waals surface area contributed by atoms with Crippen molar-refractivity contribution in [3.63, 3.8) is 0 Å². The van der Waals surface area contributed by atoms with E-state index in [0.717, 1.165) is 70.3 Å². The monoisotopic (exact) mass is 498 g/mol. The number of amides is 1. The lowest BCUT2D eigenvalue weighted by atomic mass is 9.78. The molecular weight excluding hydrogens is 464 g/mol. The van der Waals surface area contributed by atoms with Gasteiger partial charge in [0.05, 0.1) is 40.4 Å². The Morgan fingerprint density at radius 2 is 2.17 bits per heavy atom. The Kier molecular flexibility index (Phi) is 6.21. The average Bonchev–Trinajstić information content (AvgIpc) is 3.63. The van der Waals surface area contributed by atoms with Crippen LogP contribution in [0.1, 0.15) is 50.5 Å². The van der Waals surface area contributed by atoms with Crippen molar-refractivity contribution in [2.24, 2.45) is 11.3 Å². The number of carbonyl (C=O) groups is 1. The molecular formula is C27H35ClN4O3. The zero-order valence-electron chi connectivity index (χ0n) is 20.4. The van der Waals surface area contributed by atoms with Gasteiger partial charge in [0.25, 0.3) is 0 Å². The number of halogens is 1. The maximum atomic E-state index is 14.2. The molecule has 0 spiro atoms. The number of methoxy groups -OCH3 is 1. The first-order valence-electron chi connectivity index (χ1n) is 13.2. The summed E-state index contributed by atoms with van der Waals surface area (Å²) in [5, 5.41) is 14.0. The van der Waals surface area contributed by atoms with Crippen LogP contribution in [-0.4, -0.2) is 74.5 Å². The van der Waals surface area contributed by atoms with E-state index in [2.05, 4.69) is 21.2 Å². The SMILES string of the molecule is CO[C@@H]1COCC[C@@H]1N[C@@H]1C[C@H]2CCC[C@@]2(C(=O)N2C[C@@H]3C[C@H]2CN3c2cccc(Cl)c2C#N)C1. The summed E-state index contributed by atoms with van der Waals surface area (Å²) in [5.41, 5.74) is 1.24. The Morgan fingerprint density at radius 1 is 1.29 bits per heavy atom. The van der Waals surface area contributed by atoms with E-state index in [0.29, 0.717) is 41.1 Å². The van der Waals surface area contributed by atoms with E-state index in [4.69, 9.17) is 21.1 Å². The largest absolute Gasteiger partial charge is 0.379 e. The Labute approximate surface area is 212 Å². The lowest BCUT2D eigenvalue weighted by molar-refractivity contribution is -0.144. The van der Waals surface area contributed by atoms with Crippen molar-refractivity contribution in [1.82, 2.24) is 10.2 Å². The molecule has 7 nitrogen and oxygen atoms in total. The van der Waals surface area contributed by atoms with Crippen LogP contribution in [0.15, 0.2) is 18.2 Å². The molecule has 35 heavy (non-hydrogen) atoms. The van der Waals surface area contributed by atoms with Gasteiger partial charge < -0.3 is 24.6 Å². The lowest BCUT2D eigenvalue weighted by Crippen LogP contribution is -2.54. The number of piperazine rings is 1. The first kappa shape index (κ1) is 23.5. The van der Waals surface area contributed by atoms with Crippen LogP contribution in [0.5, 0.6) is 0 Å². The topological polar surface area (TPSA) is 77.8 Å². The van der Waals surface area contributed by atoms with Crippen molar-refractivity contribution < 1.29 is 14.3 Å². The predicted octanol–water partition coefficient (Wildman–Crippen LogP) is 3.34. The van der Waals surface area contributed by atoms with Crippen LogP contribution in [0.2, 0.25) is 5.02 Å². The van der Waals surface area contributed by atoms with Gasteiger partial charge in [-0.25, -0.2) is 0 Å². The smallest absolute Gasteiger partial charge is 0.229 e. The summed E-state index contributed by atoms with van der Waals surface area (Å²) in [6.07, 6.45) is 7.37. The van der Waals surface area contributed by atoms with E-state index in [1.807, 2.05) is 12.1 Å². The summed E-state index contributed by atoms with van der Waals surface area (Å²) in [6.45, 7) is 2.94.